The Morgan fingerprint density at radius 3 is 2.87 bits per heavy atom. The average Bonchev–Trinajstić information content (AvgIpc) is 3.09. The summed E-state index contributed by atoms with van der Waals surface area (Å²) in [6.45, 7) is 2.80. The summed E-state index contributed by atoms with van der Waals surface area (Å²) >= 11 is 0. The van der Waals surface area contributed by atoms with E-state index in [1.54, 1.807) is 12.4 Å². The first-order chi connectivity index (χ1) is 7.45. The second kappa shape index (κ2) is 5.71. The van der Waals surface area contributed by atoms with Gasteiger partial charge in [0.2, 0.25) is 0 Å². The molecule has 0 aliphatic heterocycles. The zero-order valence-corrected chi connectivity index (χ0v) is 8.98. The predicted octanol–water partition coefficient (Wildman–Crippen LogP) is 2.31. The van der Waals surface area contributed by atoms with Gasteiger partial charge >= 0.3 is 0 Å². The maximum Gasteiger partial charge on any atom is 0.0494 e. The molecule has 1 N–H and O–H groups in total. The number of aromatic nitrogens is 1. The molecule has 0 saturated heterocycles. The number of hydrogen-bond acceptors (Lipinski definition) is 3. The zero-order chi connectivity index (χ0) is 10.3. The maximum atomic E-state index is 5.54. The lowest BCUT2D eigenvalue weighted by atomic mass is 10.4. The number of rotatable bonds is 7. The predicted molar refractivity (Wildman–Crippen MR) is 60.9 cm³/mol. The molecule has 0 radical (unpaired) electrons. The molecule has 2 rings (SSSR count). The van der Waals surface area contributed by atoms with Crippen molar-refractivity contribution in [3.05, 3.63) is 24.5 Å². The van der Waals surface area contributed by atoms with E-state index in [0.29, 0.717) is 0 Å². The first-order valence-electron chi connectivity index (χ1n) is 5.67. The molecule has 0 bridgehead atoms. The fraction of sp³-hybridized carbons (Fsp3) is 0.583. The van der Waals surface area contributed by atoms with Crippen molar-refractivity contribution < 1.29 is 4.74 Å². The van der Waals surface area contributed by atoms with Crippen LogP contribution in [-0.2, 0) is 4.74 Å². The van der Waals surface area contributed by atoms with Crippen LogP contribution >= 0.6 is 0 Å². The molecule has 0 spiro atoms. The Bertz CT molecular complexity index is 272. The van der Waals surface area contributed by atoms with E-state index in [1.165, 1.54) is 12.8 Å². The van der Waals surface area contributed by atoms with Gasteiger partial charge in [0.15, 0.2) is 0 Å². The van der Waals surface area contributed by atoms with Gasteiger partial charge in [-0.05, 0) is 37.3 Å². The Labute approximate surface area is 90.9 Å². The molecule has 0 unspecified atom stereocenters. The van der Waals surface area contributed by atoms with Gasteiger partial charge in [0.05, 0.1) is 0 Å². The maximum absolute atomic E-state index is 5.54. The SMILES string of the molecule is c1cc(NCCCOCC2CC2)ccn1. The summed E-state index contributed by atoms with van der Waals surface area (Å²) in [5, 5.41) is 3.33. The van der Waals surface area contributed by atoms with Crippen LogP contribution in [0.2, 0.25) is 0 Å². The highest BCUT2D eigenvalue weighted by Crippen LogP contribution is 2.28. The van der Waals surface area contributed by atoms with Crippen LogP contribution in [0.15, 0.2) is 24.5 Å². The van der Waals surface area contributed by atoms with Gasteiger partial charge in [-0.2, -0.15) is 0 Å². The number of hydrogen-bond donors (Lipinski definition) is 1. The second-order valence-electron chi connectivity index (χ2n) is 4.03. The van der Waals surface area contributed by atoms with Crippen LogP contribution in [0.25, 0.3) is 0 Å². The fourth-order valence-corrected chi connectivity index (χ4v) is 1.41. The summed E-state index contributed by atoms with van der Waals surface area (Å²) in [7, 11) is 0. The van der Waals surface area contributed by atoms with E-state index >= 15 is 0 Å². The molecule has 1 aliphatic rings. The van der Waals surface area contributed by atoms with Gasteiger partial charge in [0.1, 0.15) is 0 Å². The van der Waals surface area contributed by atoms with Crippen LogP contribution in [0.1, 0.15) is 19.3 Å². The van der Waals surface area contributed by atoms with Crippen LogP contribution in [-0.4, -0.2) is 24.7 Å². The van der Waals surface area contributed by atoms with Crippen LogP contribution in [0.4, 0.5) is 5.69 Å². The van der Waals surface area contributed by atoms with Crippen molar-refractivity contribution in [2.45, 2.75) is 19.3 Å². The van der Waals surface area contributed by atoms with Crippen LogP contribution in [0, 0.1) is 5.92 Å². The third-order valence-electron chi connectivity index (χ3n) is 2.53. The van der Waals surface area contributed by atoms with Gasteiger partial charge in [-0.25, -0.2) is 0 Å². The molecule has 0 atom stereocenters. The summed E-state index contributed by atoms with van der Waals surface area (Å²) in [5.74, 6) is 0.873. The molecule has 1 fully saturated rings. The van der Waals surface area contributed by atoms with Crippen molar-refractivity contribution in [3.8, 4) is 0 Å². The van der Waals surface area contributed by atoms with E-state index in [0.717, 1.165) is 37.8 Å². The summed E-state index contributed by atoms with van der Waals surface area (Å²) in [4.78, 5) is 3.96. The third-order valence-corrected chi connectivity index (χ3v) is 2.53. The fourth-order valence-electron chi connectivity index (χ4n) is 1.41. The van der Waals surface area contributed by atoms with E-state index in [2.05, 4.69) is 10.3 Å². The largest absolute Gasteiger partial charge is 0.385 e. The number of anilines is 1. The van der Waals surface area contributed by atoms with Crippen molar-refractivity contribution in [1.29, 1.82) is 0 Å². The van der Waals surface area contributed by atoms with E-state index in [-0.39, 0.29) is 0 Å². The van der Waals surface area contributed by atoms with E-state index < -0.39 is 0 Å². The summed E-state index contributed by atoms with van der Waals surface area (Å²) < 4.78 is 5.54. The molecular formula is C12H18N2O. The van der Waals surface area contributed by atoms with Crippen molar-refractivity contribution in [1.82, 2.24) is 4.98 Å². The zero-order valence-electron chi connectivity index (χ0n) is 8.98. The standard InChI is InChI=1S/C12H18N2O/c1(9-15-10-11-2-3-11)6-14-12-4-7-13-8-5-12/h4-5,7-8,11H,1-3,6,9-10H2,(H,13,14). The van der Waals surface area contributed by atoms with Gasteiger partial charge < -0.3 is 10.1 Å². The van der Waals surface area contributed by atoms with Crippen molar-refractivity contribution in [2.75, 3.05) is 25.1 Å². The topological polar surface area (TPSA) is 34.1 Å². The highest BCUT2D eigenvalue weighted by molar-refractivity contribution is 5.40. The molecule has 82 valence electrons. The second-order valence-corrected chi connectivity index (χ2v) is 4.03. The van der Waals surface area contributed by atoms with Crippen LogP contribution in [0.3, 0.4) is 0 Å². The summed E-state index contributed by atoms with van der Waals surface area (Å²) in [6.07, 6.45) is 7.40. The molecule has 1 saturated carbocycles. The molecule has 0 aromatic carbocycles. The van der Waals surface area contributed by atoms with E-state index in [9.17, 15) is 0 Å². The molecule has 3 heteroatoms. The van der Waals surface area contributed by atoms with Gasteiger partial charge in [0.25, 0.3) is 0 Å². The van der Waals surface area contributed by atoms with Crippen LogP contribution < -0.4 is 5.32 Å². The van der Waals surface area contributed by atoms with Gasteiger partial charge in [-0.3, -0.25) is 4.98 Å². The minimum atomic E-state index is 0.870. The number of nitrogens with one attached hydrogen (secondary N) is 1. The molecule has 3 nitrogen and oxygen atoms in total. The Balaban J connectivity index is 1.47. The van der Waals surface area contributed by atoms with Gasteiger partial charge in [-0.1, -0.05) is 0 Å². The Hall–Kier alpha value is -1.09. The lowest BCUT2D eigenvalue weighted by molar-refractivity contribution is 0.124. The Kier molecular flexibility index (Phi) is 3.97. The highest BCUT2D eigenvalue weighted by atomic mass is 16.5. The van der Waals surface area contributed by atoms with Crippen molar-refractivity contribution in [3.63, 3.8) is 0 Å². The summed E-state index contributed by atoms with van der Waals surface area (Å²) in [5.41, 5.74) is 1.13. The normalized spacial score (nSPS) is 15.2. The molecular weight excluding hydrogens is 188 g/mol. The number of pyridine rings is 1. The number of ether oxygens (including phenoxy) is 1. The van der Waals surface area contributed by atoms with Crippen LogP contribution in [0.5, 0.6) is 0 Å². The minimum absolute atomic E-state index is 0.870. The molecule has 15 heavy (non-hydrogen) atoms. The highest BCUT2D eigenvalue weighted by Gasteiger charge is 2.20. The lowest BCUT2D eigenvalue weighted by Crippen LogP contribution is -2.06. The molecule has 1 heterocycles. The lowest BCUT2D eigenvalue weighted by Gasteiger charge is -2.06. The Morgan fingerprint density at radius 1 is 1.33 bits per heavy atom. The molecule has 0 amide bonds. The molecule has 1 aromatic rings. The van der Waals surface area contributed by atoms with E-state index in [4.69, 9.17) is 4.74 Å². The minimum Gasteiger partial charge on any atom is -0.385 e. The average molecular weight is 206 g/mol. The first-order valence-corrected chi connectivity index (χ1v) is 5.67. The molecule has 1 aromatic heterocycles. The van der Waals surface area contributed by atoms with E-state index in [1.807, 2.05) is 12.1 Å². The smallest absolute Gasteiger partial charge is 0.0494 e. The van der Waals surface area contributed by atoms with Gasteiger partial charge in [-0.15, -0.1) is 0 Å². The van der Waals surface area contributed by atoms with Crippen molar-refractivity contribution >= 4 is 5.69 Å². The van der Waals surface area contributed by atoms with Crippen molar-refractivity contribution in [2.24, 2.45) is 5.92 Å². The first kappa shape index (κ1) is 10.4. The summed E-state index contributed by atoms with van der Waals surface area (Å²) in [6, 6.07) is 3.95. The third kappa shape index (κ3) is 4.30. The quantitative estimate of drug-likeness (QED) is 0.695. The Morgan fingerprint density at radius 2 is 2.13 bits per heavy atom. The molecule has 1 aliphatic carbocycles. The monoisotopic (exact) mass is 206 g/mol. The van der Waals surface area contributed by atoms with Gasteiger partial charge in [0, 0.05) is 37.8 Å². The number of nitrogens with zero attached hydrogens (tertiary/aromatic N) is 1.